The van der Waals surface area contributed by atoms with Gasteiger partial charge in [-0.25, -0.2) is 4.39 Å². The third-order valence-corrected chi connectivity index (χ3v) is 4.15. The van der Waals surface area contributed by atoms with Crippen molar-refractivity contribution in [1.82, 2.24) is 20.8 Å². The summed E-state index contributed by atoms with van der Waals surface area (Å²) < 4.78 is 12.8. The van der Waals surface area contributed by atoms with Gasteiger partial charge in [0.1, 0.15) is 11.5 Å². The van der Waals surface area contributed by atoms with Crippen molar-refractivity contribution in [2.24, 2.45) is 0 Å². The van der Waals surface area contributed by atoms with Crippen LogP contribution in [0.5, 0.6) is 0 Å². The molecule has 0 spiro atoms. The molecule has 0 aliphatic carbocycles. The number of nitrogens with zero attached hydrogens (tertiary/aromatic N) is 1. The van der Waals surface area contributed by atoms with E-state index in [9.17, 15) is 14.3 Å². The van der Waals surface area contributed by atoms with Crippen LogP contribution in [0.3, 0.4) is 0 Å². The molecule has 1 aliphatic heterocycles. The molecule has 1 aromatic heterocycles. The van der Waals surface area contributed by atoms with Crippen LogP contribution in [0.1, 0.15) is 40.6 Å². The first kappa shape index (κ1) is 16.6. The summed E-state index contributed by atoms with van der Waals surface area (Å²) in [5.41, 5.74) is 2.03. The molecule has 2 unspecified atom stereocenters. The molecule has 2 aromatic rings. The van der Waals surface area contributed by atoms with E-state index in [-0.39, 0.29) is 24.3 Å². The number of aromatic amines is 1. The molecule has 2 heterocycles. The van der Waals surface area contributed by atoms with E-state index in [1.54, 1.807) is 18.2 Å². The Kier molecular flexibility index (Phi) is 5.22. The number of halogens is 1. The van der Waals surface area contributed by atoms with Gasteiger partial charge in [0.2, 0.25) is 0 Å². The van der Waals surface area contributed by atoms with Gasteiger partial charge < -0.3 is 15.7 Å². The fourth-order valence-corrected chi connectivity index (χ4v) is 2.85. The van der Waals surface area contributed by atoms with Crippen LogP contribution in [0.25, 0.3) is 0 Å². The van der Waals surface area contributed by atoms with Crippen molar-refractivity contribution in [3.63, 3.8) is 0 Å². The molecule has 7 heteroatoms. The molecule has 6 nitrogen and oxygen atoms in total. The van der Waals surface area contributed by atoms with Gasteiger partial charge in [-0.3, -0.25) is 9.89 Å². The van der Waals surface area contributed by atoms with E-state index >= 15 is 0 Å². The van der Waals surface area contributed by atoms with Gasteiger partial charge in [0.05, 0.1) is 11.8 Å². The Hall–Kier alpha value is -2.25. The summed E-state index contributed by atoms with van der Waals surface area (Å²) in [6.45, 7) is 1.08. The zero-order valence-corrected chi connectivity index (χ0v) is 13.3. The van der Waals surface area contributed by atoms with E-state index in [2.05, 4.69) is 20.8 Å². The number of aliphatic hydroxyl groups is 1. The van der Waals surface area contributed by atoms with Gasteiger partial charge >= 0.3 is 0 Å². The first-order valence-electron chi connectivity index (χ1n) is 8.11. The minimum atomic E-state index is -0.741. The minimum absolute atomic E-state index is 0.111. The van der Waals surface area contributed by atoms with Gasteiger partial charge in [0, 0.05) is 19.0 Å². The third-order valence-electron chi connectivity index (χ3n) is 4.15. The molecule has 0 bridgehead atoms. The molecule has 2 atom stereocenters. The highest BCUT2D eigenvalue weighted by Gasteiger charge is 2.20. The van der Waals surface area contributed by atoms with E-state index in [0.29, 0.717) is 12.1 Å². The highest BCUT2D eigenvalue weighted by Crippen LogP contribution is 2.21. The molecule has 0 saturated carbocycles. The van der Waals surface area contributed by atoms with E-state index in [0.717, 1.165) is 30.6 Å². The second kappa shape index (κ2) is 7.55. The van der Waals surface area contributed by atoms with E-state index in [1.807, 2.05) is 0 Å². The van der Waals surface area contributed by atoms with Crippen molar-refractivity contribution < 1.29 is 14.3 Å². The Bertz CT molecular complexity index is 680. The van der Waals surface area contributed by atoms with Crippen molar-refractivity contribution in [3.05, 3.63) is 53.1 Å². The van der Waals surface area contributed by atoms with Gasteiger partial charge in [-0.1, -0.05) is 12.1 Å². The molecule has 24 heavy (non-hydrogen) atoms. The highest BCUT2D eigenvalue weighted by atomic mass is 19.1. The second-order valence-corrected chi connectivity index (χ2v) is 6.05. The van der Waals surface area contributed by atoms with E-state index in [1.165, 1.54) is 12.1 Å². The Labute approximate surface area is 139 Å². The monoisotopic (exact) mass is 332 g/mol. The number of aliphatic hydroxyl groups excluding tert-OH is 1. The normalized spacial score (nSPS) is 18.5. The van der Waals surface area contributed by atoms with Gasteiger partial charge in [0.15, 0.2) is 0 Å². The zero-order chi connectivity index (χ0) is 16.9. The van der Waals surface area contributed by atoms with Crippen LogP contribution in [0.15, 0.2) is 30.3 Å². The summed E-state index contributed by atoms with van der Waals surface area (Å²) in [6.07, 6.45) is 1.74. The molecule has 4 N–H and O–H groups in total. The predicted molar refractivity (Wildman–Crippen MR) is 87.0 cm³/mol. The highest BCUT2D eigenvalue weighted by molar-refractivity contribution is 5.92. The quantitative estimate of drug-likeness (QED) is 0.642. The first-order chi connectivity index (χ1) is 11.6. The maximum Gasteiger partial charge on any atom is 0.271 e. The molecule has 1 aromatic carbocycles. The zero-order valence-electron chi connectivity index (χ0n) is 13.3. The van der Waals surface area contributed by atoms with Crippen LogP contribution in [0.2, 0.25) is 0 Å². The summed E-state index contributed by atoms with van der Waals surface area (Å²) in [5, 5.41) is 22.9. The van der Waals surface area contributed by atoms with E-state index < -0.39 is 6.10 Å². The number of nitrogens with one attached hydrogen (secondary N) is 3. The number of hydrogen-bond acceptors (Lipinski definition) is 4. The number of aromatic nitrogens is 2. The van der Waals surface area contributed by atoms with Crippen molar-refractivity contribution in [3.8, 4) is 0 Å². The van der Waals surface area contributed by atoms with Crippen molar-refractivity contribution in [1.29, 1.82) is 0 Å². The fourth-order valence-electron chi connectivity index (χ4n) is 2.85. The Morgan fingerprint density at radius 2 is 2.21 bits per heavy atom. The van der Waals surface area contributed by atoms with Gasteiger partial charge in [-0.2, -0.15) is 5.10 Å². The van der Waals surface area contributed by atoms with Gasteiger partial charge in [-0.15, -0.1) is 0 Å². The molecule has 1 fully saturated rings. The Morgan fingerprint density at radius 3 is 2.92 bits per heavy atom. The lowest BCUT2D eigenvalue weighted by atomic mass is 10.1. The van der Waals surface area contributed by atoms with Gasteiger partial charge in [0.25, 0.3) is 5.91 Å². The van der Waals surface area contributed by atoms with E-state index in [4.69, 9.17) is 0 Å². The smallest absolute Gasteiger partial charge is 0.271 e. The number of carbonyl (C=O) groups excluding carboxylic acids is 1. The average Bonchev–Trinajstić information content (AvgIpc) is 3.25. The summed E-state index contributed by atoms with van der Waals surface area (Å²) in [6, 6.07) is 7.91. The Morgan fingerprint density at radius 1 is 1.42 bits per heavy atom. The SMILES string of the molecule is O=C(NCC(O)Cc1ccc(F)cc1)c1cc(C2CCCN2)[nH]n1. The number of benzene rings is 1. The lowest BCUT2D eigenvalue weighted by molar-refractivity contribution is 0.0911. The Balaban J connectivity index is 1.48. The molecule has 0 radical (unpaired) electrons. The molecule has 3 rings (SSSR count). The molecular formula is C17H21FN4O2. The van der Waals surface area contributed by atoms with Crippen LogP contribution < -0.4 is 10.6 Å². The fraction of sp³-hybridized carbons (Fsp3) is 0.412. The van der Waals surface area contributed by atoms with Crippen LogP contribution in [-0.4, -0.2) is 40.4 Å². The molecular weight excluding hydrogens is 311 g/mol. The maximum atomic E-state index is 12.8. The van der Waals surface area contributed by atoms with Gasteiger partial charge in [-0.05, 0) is 43.1 Å². The second-order valence-electron chi connectivity index (χ2n) is 6.05. The minimum Gasteiger partial charge on any atom is -0.391 e. The average molecular weight is 332 g/mol. The molecule has 1 amide bonds. The number of amides is 1. The lowest BCUT2D eigenvalue weighted by Crippen LogP contribution is -2.33. The van der Waals surface area contributed by atoms with Crippen LogP contribution in [-0.2, 0) is 6.42 Å². The van der Waals surface area contributed by atoms with Crippen molar-refractivity contribution in [2.75, 3.05) is 13.1 Å². The first-order valence-corrected chi connectivity index (χ1v) is 8.11. The third kappa shape index (κ3) is 4.18. The maximum absolute atomic E-state index is 12.8. The number of carbonyl (C=O) groups is 1. The molecule has 1 saturated heterocycles. The topological polar surface area (TPSA) is 90.0 Å². The summed E-state index contributed by atoms with van der Waals surface area (Å²) in [5.74, 6) is -0.638. The predicted octanol–water partition coefficient (Wildman–Crippen LogP) is 1.31. The molecule has 128 valence electrons. The van der Waals surface area contributed by atoms with Crippen LogP contribution in [0.4, 0.5) is 4.39 Å². The molecule has 1 aliphatic rings. The number of H-pyrrole nitrogens is 1. The number of rotatable bonds is 6. The van der Waals surface area contributed by atoms with Crippen molar-refractivity contribution in [2.45, 2.75) is 31.4 Å². The lowest BCUT2D eigenvalue weighted by Gasteiger charge is -2.11. The standard InChI is InChI=1S/C17H21FN4O2/c18-12-5-3-11(4-6-12)8-13(23)10-20-17(24)16-9-15(21-22-16)14-2-1-7-19-14/h3-6,9,13-14,19,23H,1-2,7-8,10H2,(H,20,24)(H,21,22). The number of hydrogen-bond donors (Lipinski definition) is 4. The summed E-state index contributed by atoms with van der Waals surface area (Å²) >= 11 is 0. The van der Waals surface area contributed by atoms with Crippen molar-refractivity contribution >= 4 is 5.91 Å². The largest absolute Gasteiger partial charge is 0.391 e. The summed E-state index contributed by atoms with van der Waals surface area (Å²) in [4.78, 5) is 12.1. The van der Waals surface area contributed by atoms with Crippen LogP contribution >= 0.6 is 0 Å². The van der Waals surface area contributed by atoms with Crippen LogP contribution in [0, 0.1) is 5.82 Å². The summed E-state index contributed by atoms with van der Waals surface area (Å²) in [7, 11) is 0.